The fourth-order valence-electron chi connectivity index (χ4n) is 2.86. The molecule has 0 radical (unpaired) electrons. The fraction of sp³-hybridized carbons (Fsp3) is 0.500. The fourth-order valence-corrected chi connectivity index (χ4v) is 2.86. The van der Waals surface area contributed by atoms with Crippen molar-refractivity contribution >= 4 is 29.5 Å². The minimum atomic E-state index is -1.14. The van der Waals surface area contributed by atoms with Crippen molar-refractivity contribution in [1.29, 1.82) is 0 Å². The molecule has 28 heavy (non-hydrogen) atoms. The third kappa shape index (κ3) is 5.55. The van der Waals surface area contributed by atoms with Gasteiger partial charge in [-0.05, 0) is 44.9 Å². The summed E-state index contributed by atoms with van der Waals surface area (Å²) in [4.78, 5) is 49.7. The van der Waals surface area contributed by atoms with E-state index in [0.717, 1.165) is 17.7 Å². The summed E-state index contributed by atoms with van der Waals surface area (Å²) in [5, 5.41) is 4.63. The summed E-state index contributed by atoms with van der Waals surface area (Å²) in [6.45, 7) is 7.14. The Bertz CT molecular complexity index is 745. The predicted molar refractivity (Wildman–Crippen MR) is 104 cm³/mol. The van der Waals surface area contributed by atoms with Gasteiger partial charge in [-0.2, -0.15) is 0 Å². The molecule has 1 aliphatic rings. The number of nitrogens with zero attached hydrogens (tertiary/aromatic N) is 1. The Hall–Kier alpha value is -2.90. The number of hydrogen-bond donors (Lipinski definition) is 2. The van der Waals surface area contributed by atoms with Crippen LogP contribution in [0.1, 0.15) is 39.7 Å². The Morgan fingerprint density at radius 2 is 1.82 bits per heavy atom. The highest BCUT2D eigenvalue weighted by molar-refractivity contribution is 6.00. The first-order valence-corrected chi connectivity index (χ1v) is 9.42. The Morgan fingerprint density at radius 1 is 1.18 bits per heavy atom. The van der Waals surface area contributed by atoms with Crippen LogP contribution in [-0.4, -0.2) is 42.5 Å². The van der Waals surface area contributed by atoms with Gasteiger partial charge in [0.25, 0.3) is 5.91 Å². The molecule has 0 spiro atoms. The Balaban J connectivity index is 1.91. The second-order valence-corrected chi connectivity index (χ2v) is 7.12. The average molecular weight is 389 g/mol. The third-order valence-electron chi connectivity index (χ3n) is 4.43. The van der Waals surface area contributed by atoms with E-state index >= 15 is 0 Å². The van der Waals surface area contributed by atoms with E-state index in [0.29, 0.717) is 0 Å². The van der Waals surface area contributed by atoms with Gasteiger partial charge in [-0.1, -0.05) is 19.1 Å². The molecular weight excluding hydrogens is 362 g/mol. The molecule has 0 bridgehead atoms. The molecule has 0 aromatic heterocycles. The lowest BCUT2D eigenvalue weighted by molar-refractivity contribution is -0.158. The van der Waals surface area contributed by atoms with E-state index in [1.807, 2.05) is 31.2 Å². The molecule has 1 fully saturated rings. The average Bonchev–Trinajstić information content (AvgIpc) is 3.02. The summed E-state index contributed by atoms with van der Waals surface area (Å²) in [6, 6.07) is 6.82. The van der Waals surface area contributed by atoms with Gasteiger partial charge in [0, 0.05) is 24.7 Å². The lowest BCUT2D eigenvalue weighted by atomic mass is 10.1. The van der Waals surface area contributed by atoms with Crippen LogP contribution in [-0.2, 0) is 25.5 Å². The number of esters is 1. The molecule has 1 aromatic rings. The van der Waals surface area contributed by atoms with Gasteiger partial charge < -0.3 is 15.0 Å². The monoisotopic (exact) mass is 389 g/mol. The van der Waals surface area contributed by atoms with Crippen LogP contribution in [0.4, 0.5) is 10.5 Å². The molecule has 2 atom stereocenters. The van der Waals surface area contributed by atoms with Crippen LogP contribution in [0.2, 0.25) is 0 Å². The number of imide groups is 1. The maximum Gasteiger partial charge on any atom is 0.321 e. The summed E-state index contributed by atoms with van der Waals surface area (Å²) < 4.78 is 5.16. The highest BCUT2D eigenvalue weighted by Gasteiger charge is 2.37. The van der Waals surface area contributed by atoms with E-state index in [-0.39, 0.29) is 24.9 Å². The van der Waals surface area contributed by atoms with Crippen molar-refractivity contribution in [2.45, 2.75) is 52.7 Å². The number of ether oxygens (including phenoxy) is 1. The van der Waals surface area contributed by atoms with Gasteiger partial charge in [0.1, 0.15) is 0 Å². The number of carbonyl (C=O) groups is 4. The number of rotatable bonds is 6. The SMILES string of the molecule is CCc1ccc(N2C[C@H](C(=O)O[C@H](C)C(=O)NC(=O)NC(C)C)CC2=O)cc1. The number of nitrogens with one attached hydrogen (secondary N) is 2. The number of urea groups is 1. The molecule has 1 aliphatic heterocycles. The summed E-state index contributed by atoms with van der Waals surface area (Å²) in [6.07, 6.45) is -0.215. The summed E-state index contributed by atoms with van der Waals surface area (Å²) in [7, 11) is 0. The van der Waals surface area contributed by atoms with Crippen LogP contribution in [0.3, 0.4) is 0 Å². The molecule has 0 aliphatic carbocycles. The number of hydrogen-bond acceptors (Lipinski definition) is 5. The smallest absolute Gasteiger partial charge is 0.321 e. The number of aryl methyl sites for hydroxylation is 1. The van der Waals surface area contributed by atoms with Crippen molar-refractivity contribution in [2.24, 2.45) is 5.92 Å². The summed E-state index contributed by atoms with van der Waals surface area (Å²) in [5.74, 6) is -2.17. The van der Waals surface area contributed by atoms with Crippen LogP contribution in [0.5, 0.6) is 0 Å². The van der Waals surface area contributed by atoms with Crippen molar-refractivity contribution in [3.05, 3.63) is 29.8 Å². The molecule has 0 unspecified atom stereocenters. The lowest BCUT2D eigenvalue weighted by Crippen LogP contribution is -2.47. The van der Waals surface area contributed by atoms with E-state index in [2.05, 4.69) is 10.6 Å². The topological polar surface area (TPSA) is 105 Å². The molecule has 1 aromatic carbocycles. The van der Waals surface area contributed by atoms with Crippen LogP contribution >= 0.6 is 0 Å². The maximum absolute atomic E-state index is 12.4. The van der Waals surface area contributed by atoms with E-state index in [1.165, 1.54) is 6.92 Å². The second-order valence-electron chi connectivity index (χ2n) is 7.12. The van der Waals surface area contributed by atoms with Crippen LogP contribution in [0.15, 0.2) is 24.3 Å². The highest BCUT2D eigenvalue weighted by atomic mass is 16.5. The van der Waals surface area contributed by atoms with Gasteiger partial charge in [-0.25, -0.2) is 4.79 Å². The zero-order valence-electron chi connectivity index (χ0n) is 16.7. The molecule has 2 N–H and O–H groups in total. The van der Waals surface area contributed by atoms with E-state index in [4.69, 9.17) is 4.74 Å². The summed E-state index contributed by atoms with van der Waals surface area (Å²) >= 11 is 0. The minimum absolute atomic E-state index is 0.0243. The number of anilines is 1. The van der Waals surface area contributed by atoms with Gasteiger partial charge >= 0.3 is 12.0 Å². The van der Waals surface area contributed by atoms with Crippen molar-refractivity contribution in [1.82, 2.24) is 10.6 Å². The summed E-state index contributed by atoms with van der Waals surface area (Å²) in [5.41, 5.74) is 1.89. The van der Waals surface area contributed by atoms with Gasteiger partial charge in [-0.3, -0.25) is 19.7 Å². The van der Waals surface area contributed by atoms with E-state index in [9.17, 15) is 19.2 Å². The largest absolute Gasteiger partial charge is 0.452 e. The molecule has 8 heteroatoms. The standard InChI is InChI=1S/C20H27N3O5/c1-5-14-6-8-16(9-7-14)23-11-15(10-17(23)24)19(26)28-13(4)18(25)22-20(27)21-12(2)3/h6-9,12-13,15H,5,10-11H2,1-4H3,(H2,21,22,25,27)/t13-,15-/m1/s1. The molecule has 8 nitrogen and oxygen atoms in total. The van der Waals surface area contributed by atoms with E-state index in [1.54, 1.807) is 18.7 Å². The van der Waals surface area contributed by atoms with Gasteiger partial charge in [-0.15, -0.1) is 0 Å². The van der Waals surface area contributed by atoms with Crippen LogP contribution < -0.4 is 15.5 Å². The van der Waals surface area contributed by atoms with Gasteiger partial charge in [0.05, 0.1) is 5.92 Å². The number of carbonyl (C=O) groups excluding carboxylic acids is 4. The molecular formula is C20H27N3O5. The first-order chi connectivity index (χ1) is 13.2. The second kappa shape index (κ2) is 9.34. The molecule has 2 rings (SSSR count). The Labute approximate surface area is 164 Å². The van der Waals surface area contributed by atoms with Gasteiger partial charge in [0.2, 0.25) is 5.91 Å². The Kier molecular flexibility index (Phi) is 7.14. The maximum atomic E-state index is 12.4. The zero-order chi connectivity index (χ0) is 20.8. The molecule has 0 saturated carbocycles. The molecule has 1 saturated heterocycles. The van der Waals surface area contributed by atoms with E-state index < -0.39 is 29.9 Å². The minimum Gasteiger partial charge on any atom is -0.452 e. The third-order valence-corrected chi connectivity index (χ3v) is 4.43. The lowest BCUT2D eigenvalue weighted by Gasteiger charge is -2.18. The van der Waals surface area contributed by atoms with Crippen molar-refractivity contribution in [3.8, 4) is 0 Å². The first-order valence-electron chi connectivity index (χ1n) is 9.42. The van der Waals surface area contributed by atoms with Crippen LogP contribution in [0, 0.1) is 5.92 Å². The molecule has 4 amide bonds. The first kappa shape index (κ1) is 21.4. The van der Waals surface area contributed by atoms with Crippen molar-refractivity contribution in [3.63, 3.8) is 0 Å². The van der Waals surface area contributed by atoms with Gasteiger partial charge in [0.15, 0.2) is 6.10 Å². The van der Waals surface area contributed by atoms with Crippen LogP contribution in [0.25, 0.3) is 0 Å². The highest BCUT2D eigenvalue weighted by Crippen LogP contribution is 2.26. The van der Waals surface area contributed by atoms with Crippen molar-refractivity contribution < 1.29 is 23.9 Å². The normalized spacial score (nSPS) is 17.4. The number of amides is 4. The number of benzene rings is 1. The zero-order valence-corrected chi connectivity index (χ0v) is 16.7. The predicted octanol–water partition coefficient (Wildman–Crippen LogP) is 1.77. The molecule has 1 heterocycles. The quantitative estimate of drug-likeness (QED) is 0.722. The molecule has 152 valence electrons. The van der Waals surface area contributed by atoms with Crippen molar-refractivity contribution in [2.75, 3.05) is 11.4 Å². The Morgan fingerprint density at radius 3 is 2.39 bits per heavy atom.